The zero-order chi connectivity index (χ0) is 22.0. The topological polar surface area (TPSA) is 89.9 Å². The minimum absolute atomic E-state index is 0.0189. The van der Waals surface area contributed by atoms with Crippen LogP contribution in [0.1, 0.15) is 52.9 Å². The predicted octanol–water partition coefficient (Wildman–Crippen LogP) is 3.96. The molecule has 0 bridgehead atoms. The number of rotatable bonds is 7. The van der Waals surface area contributed by atoms with Crippen LogP contribution in [0.2, 0.25) is 0 Å². The molecule has 0 radical (unpaired) electrons. The molecule has 2 aromatic heterocycles. The van der Waals surface area contributed by atoms with Gasteiger partial charge in [-0.3, -0.25) is 9.59 Å². The predicted molar refractivity (Wildman–Crippen MR) is 118 cm³/mol. The van der Waals surface area contributed by atoms with Crippen LogP contribution in [-0.2, 0) is 18.0 Å². The maximum Gasteiger partial charge on any atom is 0.262 e. The molecule has 158 valence electrons. The molecule has 4 rings (SSSR count). The summed E-state index contributed by atoms with van der Waals surface area (Å²) in [6.07, 6.45) is 0. The molecule has 4 aromatic rings. The van der Waals surface area contributed by atoms with Gasteiger partial charge in [-0.2, -0.15) is 5.10 Å². The Labute approximate surface area is 179 Å². The van der Waals surface area contributed by atoms with Crippen LogP contribution in [0.4, 0.5) is 0 Å². The summed E-state index contributed by atoms with van der Waals surface area (Å²) in [4.78, 5) is 31.6. The fraction of sp³-hybridized carbons (Fsp3) is 0.250. The van der Waals surface area contributed by atoms with Crippen molar-refractivity contribution in [2.75, 3.05) is 0 Å². The SMILES string of the molecule is CC(=O)c1ccc(C(C)n2nc(COCc3ccccc3)c3c(=O)[nH]c(C)nc32)cc1. The van der Waals surface area contributed by atoms with E-state index in [-0.39, 0.29) is 24.0 Å². The van der Waals surface area contributed by atoms with E-state index in [0.29, 0.717) is 34.7 Å². The van der Waals surface area contributed by atoms with E-state index in [1.165, 1.54) is 0 Å². The third-order valence-electron chi connectivity index (χ3n) is 5.27. The highest BCUT2D eigenvalue weighted by molar-refractivity contribution is 5.94. The number of fused-ring (bicyclic) bond motifs is 1. The normalized spacial score (nSPS) is 12.2. The molecule has 0 aliphatic heterocycles. The van der Waals surface area contributed by atoms with Crippen LogP contribution in [0.25, 0.3) is 11.0 Å². The number of hydrogen-bond acceptors (Lipinski definition) is 5. The summed E-state index contributed by atoms with van der Waals surface area (Å²) >= 11 is 0. The van der Waals surface area contributed by atoms with E-state index in [2.05, 4.69) is 9.97 Å². The van der Waals surface area contributed by atoms with Gasteiger partial charge in [0, 0.05) is 5.56 Å². The number of nitrogens with zero attached hydrogens (tertiary/aromatic N) is 3. The van der Waals surface area contributed by atoms with E-state index in [4.69, 9.17) is 9.84 Å². The molecule has 1 N–H and O–H groups in total. The number of ketones is 1. The fourth-order valence-corrected chi connectivity index (χ4v) is 3.57. The minimum atomic E-state index is -0.230. The molecule has 0 fully saturated rings. The van der Waals surface area contributed by atoms with Crippen LogP contribution < -0.4 is 5.56 Å². The highest BCUT2D eigenvalue weighted by Crippen LogP contribution is 2.24. The number of H-pyrrole nitrogens is 1. The van der Waals surface area contributed by atoms with Crippen LogP contribution in [0.5, 0.6) is 0 Å². The van der Waals surface area contributed by atoms with Crippen LogP contribution >= 0.6 is 0 Å². The molecule has 0 spiro atoms. The van der Waals surface area contributed by atoms with Gasteiger partial charge in [0.25, 0.3) is 5.56 Å². The van der Waals surface area contributed by atoms with Crippen molar-refractivity contribution in [3.8, 4) is 0 Å². The second-order valence-corrected chi connectivity index (χ2v) is 7.57. The summed E-state index contributed by atoms with van der Waals surface area (Å²) in [7, 11) is 0. The van der Waals surface area contributed by atoms with Gasteiger partial charge in [0.15, 0.2) is 11.4 Å². The summed E-state index contributed by atoms with van der Waals surface area (Å²) in [6.45, 7) is 5.90. The Kier molecular flexibility index (Phi) is 5.77. The number of aryl methyl sites for hydroxylation is 1. The molecule has 0 saturated heterocycles. The van der Waals surface area contributed by atoms with Crippen molar-refractivity contribution in [3.63, 3.8) is 0 Å². The Morgan fingerprint density at radius 3 is 2.48 bits per heavy atom. The van der Waals surface area contributed by atoms with E-state index in [1.807, 2.05) is 49.4 Å². The molecule has 2 heterocycles. The lowest BCUT2D eigenvalue weighted by Crippen LogP contribution is -2.13. The number of carbonyl (C=O) groups excluding carboxylic acids is 1. The zero-order valence-electron chi connectivity index (χ0n) is 17.8. The molecular formula is C24H24N4O3. The number of ether oxygens (including phenoxy) is 1. The van der Waals surface area contributed by atoms with Gasteiger partial charge in [-0.1, -0.05) is 54.6 Å². The van der Waals surface area contributed by atoms with E-state index in [0.717, 1.165) is 11.1 Å². The van der Waals surface area contributed by atoms with Gasteiger partial charge in [0.1, 0.15) is 16.9 Å². The molecule has 1 atom stereocenters. The van der Waals surface area contributed by atoms with Gasteiger partial charge in [0.2, 0.25) is 0 Å². The molecule has 31 heavy (non-hydrogen) atoms. The second kappa shape index (κ2) is 8.65. The first-order chi connectivity index (χ1) is 14.9. The lowest BCUT2D eigenvalue weighted by Gasteiger charge is -2.14. The summed E-state index contributed by atoms with van der Waals surface area (Å²) in [6, 6.07) is 17.1. The molecule has 1 unspecified atom stereocenters. The van der Waals surface area contributed by atoms with Gasteiger partial charge in [-0.15, -0.1) is 0 Å². The van der Waals surface area contributed by atoms with E-state index < -0.39 is 0 Å². The van der Waals surface area contributed by atoms with Crippen molar-refractivity contribution in [3.05, 3.63) is 93.2 Å². The number of Topliss-reactive ketones (excluding diaryl/α,β-unsaturated/α-hetero) is 1. The first-order valence-electron chi connectivity index (χ1n) is 10.1. The Bertz CT molecular complexity index is 1270. The highest BCUT2D eigenvalue weighted by atomic mass is 16.5. The average molecular weight is 416 g/mol. The van der Waals surface area contributed by atoms with Gasteiger partial charge >= 0.3 is 0 Å². The minimum Gasteiger partial charge on any atom is -0.370 e. The van der Waals surface area contributed by atoms with Crippen molar-refractivity contribution in [1.29, 1.82) is 0 Å². The Morgan fingerprint density at radius 2 is 1.81 bits per heavy atom. The molecule has 0 amide bonds. The molecule has 7 nitrogen and oxygen atoms in total. The van der Waals surface area contributed by atoms with Crippen molar-refractivity contribution < 1.29 is 9.53 Å². The highest BCUT2D eigenvalue weighted by Gasteiger charge is 2.20. The second-order valence-electron chi connectivity index (χ2n) is 7.57. The van der Waals surface area contributed by atoms with Gasteiger partial charge in [-0.05, 0) is 31.9 Å². The Morgan fingerprint density at radius 1 is 1.10 bits per heavy atom. The molecule has 2 aromatic carbocycles. The number of nitrogens with one attached hydrogen (secondary N) is 1. The first kappa shape index (κ1) is 20.7. The maximum atomic E-state index is 12.7. The Balaban J connectivity index is 1.68. The van der Waals surface area contributed by atoms with E-state index in [9.17, 15) is 9.59 Å². The lowest BCUT2D eigenvalue weighted by molar-refractivity contribution is 0.101. The molecule has 7 heteroatoms. The number of carbonyl (C=O) groups is 1. The molecule has 0 aliphatic rings. The molecule has 0 aliphatic carbocycles. The third-order valence-corrected chi connectivity index (χ3v) is 5.27. The summed E-state index contributed by atoms with van der Waals surface area (Å²) in [5, 5.41) is 5.13. The van der Waals surface area contributed by atoms with Crippen molar-refractivity contribution in [2.24, 2.45) is 0 Å². The smallest absolute Gasteiger partial charge is 0.262 e. The first-order valence-corrected chi connectivity index (χ1v) is 10.1. The molecule has 0 saturated carbocycles. The molecular weight excluding hydrogens is 392 g/mol. The van der Waals surface area contributed by atoms with Crippen LogP contribution in [0, 0.1) is 6.92 Å². The average Bonchev–Trinajstić information content (AvgIpc) is 3.12. The maximum absolute atomic E-state index is 12.7. The van der Waals surface area contributed by atoms with Crippen molar-refractivity contribution in [1.82, 2.24) is 19.7 Å². The van der Waals surface area contributed by atoms with Crippen molar-refractivity contribution in [2.45, 2.75) is 40.0 Å². The number of aromatic nitrogens is 4. The van der Waals surface area contributed by atoms with Crippen LogP contribution in [0.15, 0.2) is 59.4 Å². The Hall–Kier alpha value is -3.58. The summed E-state index contributed by atoms with van der Waals surface area (Å²) in [5.41, 5.74) is 3.50. The third kappa shape index (κ3) is 4.32. The van der Waals surface area contributed by atoms with E-state index >= 15 is 0 Å². The number of hydrogen-bond donors (Lipinski definition) is 1. The van der Waals surface area contributed by atoms with E-state index in [1.54, 1.807) is 30.7 Å². The summed E-state index contributed by atoms with van der Waals surface area (Å²) in [5.74, 6) is 0.542. The van der Waals surface area contributed by atoms with Crippen LogP contribution in [-0.4, -0.2) is 25.5 Å². The number of aromatic amines is 1. The van der Waals surface area contributed by atoms with Gasteiger partial charge in [-0.25, -0.2) is 9.67 Å². The standard InChI is InChI=1S/C24H24N4O3/c1-15(19-9-11-20(12-10-19)16(2)29)28-23-22(24(30)26-17(3)25-23)21(27-28)14-31-13-18-7-5-4-6-8-18/h4-12,15H,13-14H2,1-3H3,(H,25,26,30). The monoisotopic (exact) mass is 416 g/mol. The zero-order valence-corrected chi connectivity index (χ0v) is 17.8. The van der Waals surface area contributed by atoms with Crippen LogP contribution in [0.3, 0.4) is 0 Å². The van der Waals surface area contributed by atoms with Crippen molar-refractivity contribution >= 4 is 16.8 Å². The quantitative estimate of drug-likeness (QED) is 0.461. The van der Waals surface area contributed by atoms with Gasteiger partial charge in [0.05, 0.1) is 19.3 Å². The van der Waals surface area contributed by atoms with Gasteiger partial charge < -0.3 is 9.72 Å². The lowest BCUT2D eigenvalue weighted by atomic mass is 10.0. The number of benzene rings is 2. The summed E-state index contributed by atoms with van der Waals surface area (Å²) < 4.78 is 7.60. The largest absolute Gasteiger partial charge is 0.370 e. The fourth-order valence-electron chi connectivity index (χ4n) is 3.57.